The largest absolute Gasteiger partial charge is 0.346 e. The number of amides is 1. The van der Waals surface area contributed by atoms with Crippen LogP contribution in [-0.4, -0.2) is 56.4 Å². The molecule has 0 bridgehead atoms. The standard InChI is InChI=1S/C25H23N7O/c1-32(2)9-3-4-23(33)31-18-10-16(12-26-14-18)17-11-21-22(15-30-25(21)29-13-17)19-5-7-27-24-20(19)6-8-28-24/h3-8,10-15H,9H2,1-2H3,(H,27,28)(H,29,30)(H,31,33)/b4-3+. The number of carbonyl (C=O) groups is 1. The Labute approximate surface area is 190 Å². The molecule has 0 aliphatic carbocycles. The number of hydrogen-bond donors (Lipinski definition) is 3. The summed E-state index contributed by atoms with van der Waals surface area (Å²) in [6.45, 7) is 0.697. The molecular formula is C25H23N7O. The molecule has 0 aliphatic rings. The molecule has 0 saturated heterocycles. The van der Waals surface area contributed by atoms with Crippen LogP contribution < -0.4 is 5.32 Å². The lowest BCUT2D eigenvalue weighted by molar-refractivity contribution is -0.111. The fourth-order valence-corrected chi connectivity index (χ4v) is 3.80. The van der Waals surface area contributed by atoms with E-state index in [1.54, 1.807) is 24.8 Å². The van der Waals surface area contributed by atoms with E-state index in [0.717, 1.165) is 44.3 Å². The van der Waals surface area contributed by atoms with Crippen molar-refractivity contribution in [3.05, 3.63) is 73.6 Å². The van der Waals surface area contributed by atoms with Crippen molar-refractivity contribution in [3.8, 4) is 22.3 Å². The van der Waals surface area contributed by atoms with Gasteiger partial charge in [0, 0.05) is 71.1 Å². The molecule has 0 aliphatic heterocycles. The number of aromatic nitrogens is 5. The smallest absolute Gasteiger partial charge is 0.248 e. The highest BCUT2D eigenvalue weighted by molar-refractivity contribution is 6.03. The van der Waals surface area contributed by atoms with Gasteiger partial charge < -0.3 is 20.2 Å². The Morgan fingerprint density at radius 2 is 1.85 bits per heavy atom. The van der Waals surface area contributed by atoms with E-state index < -0.39 is 0 Å². The minimum atomic E-state index is -0.189. The second kappa shape index (κ2) is 8.68. The Balaban J connectivity index is 1.47. The van der Waals surface area contributed by atoms with Crippen LogP contribution in [0.2, 0.25) is 0 Å². The zero-order chi connectivity index (χ0) is 22.8. The Kier molecular flexibility index (Phi) is 5.42. The molecule has 0 saturated carbocycles. The van der Waals surface area contributed by atoms with Gasteiger partial charge in [0.15, 0.2) is 0 Å². The fraction of sp³-hybridized carbons (Fsp3) is 0.120. The quantitative estimate of drug-likeness (QED) is 0.345. The van der Waals surface area contributed by atoms with Gasteiger partial charge in [-0.2, -0.15) is 0 Å². The highest BCUT2D eigenvalue weighted by Crippen LogP contribution is 2.34. The summed E-state index contributed by atoms with van der Waals surface area (Å²) in [5.74, 6) is -0.189. The van der Waals surface area contributed by atoms with Crippen molar-refractivity contribution in [1.29, 1.82) is 0 Å². The van der Waals surface area contributed by atoms with Crippen molar-refractivity contribution < 1.29 is 4.79 Å². The van der Waals surface area contributed by atoms with Gasteiger partial charge in [-0.1, -0.05) is 6.08 Å². The van der Waals surface area contributed by atoms with Crippen molar-refractivity contribution in [2.45, 2.75) is 0 Å². The number of hydrogen-bond acceptors (Lipinski definition) is 5. The summed E-state index contributed by atoms with van der Waals surface area (Å²) in [6.07, 6.45) is 14.2. The van der Waals surface area contributed by atoms with Crippen molar-refractivity contribution in [1.82, 2.24) is 29.8 Å². The molecule has 0 aromatic carbocycles. The lowest BCUT2D eigenvalue weighted by Gasteiger charge is -2.07. The van der Waals surface area contributed by atoms with E-state index in [2.05, 4.69) is 36.3 Å². The number of likely N-dealkylation sites (N-methyl/N-ethyl adjacent to an activating group) is 1. The first-order chi connectivity index (χ1) is 16.1. The van der Waals surface area contributed by atoms with E-state index in [4.69, 9.17) is 0 Å². The van der Waals surface area contributed by atoms with Gasteiger partial charge >= 0.3 is 0 Å². The van der Waals surface area contributed by atoms with Gasteiger partial charge in [-0.25, -0.2) is 9.97 Å². The summed E-state index contributed by atoms with van der Waals surface area (Å²) in [5.41, 5.74) is 6.19. The number of pyridine rings is 3. The summed E-state index contributed by atoms with van der Waals surface area (Å²) in [5, 5.41) is 4.92. The third kappa shape index (κ3) is 4.24. The molecule has 8 heteroatoms. The van der Waals surface area contributed by atoms with E-state index in [9.17, 15) is 4.79 Å². The Hall–Kier alpha value is -4.30. The molecule has 0 radical (unpaired) electrons. The molecule has 33 heavy (non-hydrogen) atoms. The molecule has 5 aromatic rings. The Bertz CT molecular complexity index is 1480. The maximum absolute atomic E-state index is 12.2. The van der Waals surface area contributed by atoms with Gasteiger partial charge in [-0.15, -0.1) is 0 Å². The molecule has 0 atom stereocenters. The molecule has 1 amide bonds. The van der Waals surface area contributed by atoms with Crippen molar-refractivity contribution in [2.24, 2.45) is 0 Å². The molecule has 8 nitrogen and oxygen atoms in total. The topological polar surface area (TPSA) is 103 Å². The van der Waals surface area contributed by atoms with Crippen LogP contribution in [-0.2, 0) is 4.79 Å². The molecule has 0 unspecified atom stereocenters. The van der Waals surface area contributed by atoms with Crippen LogP contribution in [0.15, 0.2) is 73.6 Å². The van der Waals surface area contributed by atoms with E-state index in [1.165, 1.54) is 6.08 Å². The van der Waals surface area contributed by atoms with E-state index in [1.807, 2.05) is 55.7 Å². The summed E-state index contributed by atoms with van der Waals surface area (Å²) in [6, 6.07) is 8.02. The van der Waals surface area contributed by atoms with Crippen LogP contribution in [0, 0.1) is 0 Å². The van der Waals surface area contributed by atoms with Gasteiger partial charge in [0.2, 0.25) is 5.91 Å². The van der Waals surface area contributed by atoms with Crippen LogP contribution in [0.25, 0.3) is 44.3 Å². The summed E-state index contributed by atoms with van der Waals surface area (Å²) in [4.78, 5) is 33.9. The predicted octanol–water partition coefficient (Wildman–Crippen LogP) is 4.22. The highest BCUT2D eigenvalue weighted by atomic mass is 16.1. The van der Waals surface area contributed by atoms with E-state index in [0.29, 0.717) is 12.2 Å². The summed E-state index contributed by atoms with van der Waals surface area (Å²) in [7, 11) is 3.90. The van der Waals surface area contributed by atoms with E-state index >= 15 is 0 Å². The number of rotatable bonds is 6. The molecule has 164 valence electrons. The van der Waals surface area contributed by atoms with E-state index in [-0.39, 0.29) is 5.91 Å². The molecule has 5 aromatic heterocycles. The normalized spacial score (nSPS) is 11.7. The van der Waals surface area contributed by atoms with Gasteiger partial charge in [-0.3, -0.25) is 9.78 Å². The fourth-order valence-electron chi connectivity index (χ4n) is 3.80. The molecule has 0 fully saturated rings. The van der Waals surface area contributed by atoms with Crippen LogP contribution in [0.5, 0.6) is 0 Å². The second-order valence-electron chi connectivity index (χ2n) is 8.04. The second-order valence-corrected chi connectivity index (χ2v) is 8.04. The van der Waals surface area contributed by atoms with Gasteiger partial charge in [0.05, 0.1) is 11.9 Å². The number of carbonyl (C=O) groups excluding carboxylic acids is 1. The van der Waals surface area contributed by atoms with Crippen LogP contribution in [0.1, 0.15) is 0 Å². The number of anilines is 1. The van der Waals surface area contributed by atoms with Crippen LogP contribution in [0.3, 0.4) is 0 Å². The molecule has 5 heterocycles. The van der Waals surface area contributed by atoms with Gasteiger partial charge in [-0.05, 0) is 43.9 Å². The number of nitrogens with zero attached hydrogens (tertiary/aromatic N) is 4. The lowest BCUT2D eigenvalue weighted by Crippen LogP contribution is -2.13. The van der Waals surface area contributed by atoms with Crippen LogP contribution >= 0.6 is 0 Å². The zero-order valence-corrected chi connectivity index (χ0v) is 18.3. The highest BCUT2D eigenvalue weighted by Gasteiger charge is 2.13. The molecule has 5 rings (SSSR count). The maximum atomic E-state index is 12.2. The third-order valence-electron chi connectivity index (χ3n) is 5.36. The van der Waals surface area contributed by atoms with Crippen molar-refractivity contribution in [2.75, 3.05) is 26.0 Å². The van der Waals surface area contributed by atoms with Crippen molar-refractivity contribution in [3.63, 3.8) is 0 Å². The summed E-state index contributed by atoms with van der Waals surface area (Å²) >= 11 is 0. The number of aromatic amines is 2. The summed E-state index contributed by atoms with van der Waals surface area (Å²) < 4.78 is 0. The minimum Gasteiger partial charge on any atom is -0.346 e. The first kappa shape index (κ1) is 20.6. The van der Waals surface area contributed by atoms with Crippen molar-refractivity contribution >= 4 is 33.7 Å². The molecule has 0 spiro atoms. The monoisotopic (exact) mass is 437 g/mol. The minimum absolute atomic E-state index is 0.189. The third-order valence-corrected chi connectivity index (χ3v) is 5.36. The number of fused-ring (bicyclic) bond motifs is 2. The van der Waals surface area contributed by atoms with Crippen LogP contribution in [0.4, 0.5) is 5.69 Å². The number of nitrogens with one attached hydrogen (secondary N) is 3. The zero-order valence-electron chi connectivity index (χ0n) is 18.3. The Morgan fingerprint density at radius 3 is 2.73 bits per heavy atom. The SMILES string of the molecule is CN(C)C/C=C/C(=O)Nc1cncc(-c2cnc3[nH]cc(-c4ccnc5[nH]ccc45)c3c2)c1. The van der Waals surface area contributed by atoms with Gasteiger partial charge in [0.25, 0.3) is 0 Å². The average Bonchev–Trinajstić information content (AvgIpc) is 3.45. The predicted molar refractivity (Wildman–Crippen MR) is 131 cm³/mol. The molecular weight excluding hydrogens is 414 g/mol. The molecule has 3 N–H and O–H groups in total. The van der Waals surface area contributed by atoms with Gasteiger partial charge in [0.1, 0.15) is 11.3 Å². The first-order valence-electron chi connectivity index (χ1n) is 10.6. The maximum Gasteiger partial charge on any atom is 0.248 e. The average molecular weight is 438 g/mol. The Morgan fingerprint density at radius 1 is 1.00 bits per heavy atom. The number of H-pyrrole nitrogens is 2. The first-order valence-corrected chi connectivity index (χ1v) is 10.6. The lowest BCUT2D eigenvalue weighted by atomic mass is 10.0.